The molecule has 1 nitrogen and oxygen atoms in total. The van der Waals surface area contributed by atoms with Crippen LogP contribution in [0, 0.1) is 0 Å². The van der Waals surface area contributed by atoms with Crippen LogP contribution in [0.5, 0.6) is 0 Å². The lowest BCUT2D eigenvalue weighted by atomic mass is 9.81. The average molecular weight is 728 g/mol. The fourth-order valence-electron chi connectivity index (χ4n) is 9.54. The van der Waals surface area contributed by atoms with Gasteiger partial charge in [-0.3, -0.25) is 0 Å². The predicted octanol–water partition coefficient (Wildman–Crippen LogP) is 11.1. The van der Waals surface area contributed by atoms with Gasteiger partial charge in [-0.1, -0.05) is 200 Å². The lowest BCUT2D eigenvalue weighted by Crippen LogP contribution is -2.74. The first-order valence-corrected chi connectivity index (χ1v) is 21.4. The maximum absolute atomic E-state index is 2.76. The summed E-state index contributed by atoms with van der Waals surface area (Å²) in [5.41, 5.74) is 13.6. The van der Waals surface area contributed by atoms with Crippen molar-refractivity contribution < 1.29 is 0 Å². The van der Waals surface area contributed by atoms with E-state index in [1.807, 2.05) is 0 Å². The minimum Gasteiger partial charge on any atom is -0.309 e. The number of hydrogen-bond donors (Lipinski definition) is 0. The summed E-state index contributed by atoms with van der Waals surface area (Å²) in [6.45, 7) is 0. The Morgan fingerprint density at radius 1 is 0.250 bits per heavy atom. The third-order valence-electron chi connectivity index (χ3n) is 11.9. The number of para-hydroxylation sites is 2. The molecular formula is C54H37NSi. The summed E-state index contributed by atoms with van der Waals surface area (Å²) in [5.74, 6) is 0. The quantitative estimate of drug-likeness (QED) is 0.123. The van der Waals surface area contributed by atoms with E-state index in [0.29, 0.717) is 0 Å². The van der Waals surface area contributed by atoms with Gasteiger partial charge in [-0.25, -0.2) is 0 Å². The molecule has 56 heavy (non-hydrogen) atoms. The molecule has 1 aromatic heterocycles. The minimum absolute atomic E-state index is 1.16. The molecule has 1 aliphatic carbocycles. The van der Waals surface area contributed by atoms with Crippen molar-refractivity contribution >= 4 is 50.6 Å². The monoisotopic (exact) mass is 727 g/mol. The van der Waals surface area contributed by atoms with Gasteiger partial charge in [0.15, 0.2) is 8.07 Å². The Kier molecular flexibility index (Phi) is 7.58. The highest BCUT2D eigenvalue weighted by Crippen LogP contribution is 2.48. The van der Waals surface area contributed by atoms with Crippen LogP contribution in [0.15, 0.2) is 224 Å². The third kappa shape index (κ3) is 4.86. The van der Waals surface area contributed by atoms with Gasteiger partial charge in [0.05, 0.1) is 11.0 Å². The lowest BCUT2D eigenvalue weighted by Gasteiger charge is -2.35. The second-order valence-electron chi connectivity index (χ2n) is 14.8. The summed E-state index contributed by atoms with van der Waals surface area (Å²) >= 11 is 0. The van der Waals surface area contributed by atoms with Gasteiger partial charge in [-0.05, 0) is 89.5 Å². The summed E-state index contributed by atoms with van der Waals surface area (Å²) < 4.78 is 2.43. The normalized spacial score (nSPS) is 11.9. The molecule has 11 rings (SSSR count). The molecule has 0 N–H and O–H groups in total. The molecule has 0 saturated heterocycles. The predicted molar refractivity (Wildman–Crippen MR) is 240 cm³/mol. The SMILES string of the molecule is c1ccc([Si](c2ccccc2)(c2ccccc2)c2ccc3c(c2)-c2ccccc2-c2ccc(-n4c5ccccc5c5ccccc54)cc2-c2ccccc2-3)cc1. The van der Waals surface area contributed by atoms with E-state index >= 15 is 0 Å². The smallest absolute Gasteiger partial charge is 0.179 e. The first-order valence-electron chi connectivity index (χ1n) is 19.4. The zero-order valence-corrected chi connectivity index (χ0v) is 31.8. The molecule has 2 heteroatoms. The van der Waals surface area contributed by atoms with E-state index in [9.17, 15) is 0 Å². The van der Waals surface area contributed by atoms with Crippen LogP contribution in [0.4, 0.5) is 0 Å². The van der Waals surface area contributed by atoms with E-state index in [0.717, 1.165) is 5.69 Å². The molecule has 262 valence electrons. The zero-order chi connectivity index (χ0) is 37.1. The molecule has 0 aliphatic heterocycles. The van der Waals surface area contributed by atoms with Crippen molar-refractivity contribution in [2.45, 2.75) is 0 Å². The molecule has 10 aromatic rings. The lowest BCUT2D eigenvalue weighted by molar-refractivity contribution is 1.18. The van der Waals surface area contributed by atoms with E-state index in [1.54, 1.807) is 0 Å². The zero-order valence-electron chi connectivity index (χ0n) is 30.8. The Morgan fingerprint density at radius 3 is 1.09 bits per heavy atom. The first kappa shape index (κ1) is 32.4. The summed E-state index contributed by atoms with van der Waals surface area (Å²) in [6.07, 6.45) is 0. The minimum atomic E-state index is -2.76. The number of rotatable bonds is 5. The molecule has 0 unspecified atom stereocenters. The number of benzene rings is 9. The van der Waals surface area contributed by atoms with Crippen molar-refractivity contribution in [2.24, 2.45) is 0 Å². The van der Waals surface area contributed by atoms with Gasteiger partial charge >= 0.3 is 0 Å². The van der Waals surface area contributed by atoms with Crippen LogP contribution in [0.1, 0.15) is 0 Å². The number of aromatic nitrogens is 1. The Bertz CT molecular complexity index is 2910. The van der Waals surface area contributed by atoms with E-state index < -0.39 is 8.07 Å². The average Bonchev–Trinajstić information content (AvgIpc) is 3.62. The summed E-state index contributed by atoms with van der Waals surface area (Å²) in [6, 6.07) is 83.7. The van der Waals surface area contributed by atoms with Gasteiger partial charge in [0.25, 0.3) is 0 Å². The largest absolute Gasteiger partial charge is 0.309 e. The summed E-state index contributed by atoms with van der Waals surface area (Å²) in [7, 11) is -2.76. The van der Waals surface area contributed by atoms with E-state index in [2.05, 4.69) is 229 Å². The fourth-order valence-corrected chi connectivity index (χ4v) is 14.3. The second-order valence-corrected chi connectivity index (χ2v) is 18.6. The highest BCUT2D eigenvalue weighted by atomic mass is 28.3. The molecule has 9 aromatic carbocycles. The Balaban J connectivity index is 1.20. The molecule has 0 saturated carbocycles. The number of nitrogens with zero attached hydrogens (tertiary/aromatic N) is 1. The van der Waals surface area contributed by atoms with Gasteiger partial charge in [0, 0.05) is 16.5 Å². The summed E-state index contributed by atoms with van der Waals surface area (Å²) in [5, 5.41) is 8.03. The maximum Gasteiger partial charge on any atom is 0.179 e. The van der Waals surface area contributed by atoms with Gasteiger partial charge in [-0.15, -0.1) is 0 Å². The number of fused-ring (bicyclic) bond motifs is 11. The third-order valence-corrected chi connectivity index (χ3v) is 16.7. The molecule has 0 bridgehead atoms. The van der Waals surface area contributed by atoms with Crippen molar-refractivity contribution in [1.29, 1.82) is 0 Å². The second kappa shape index (κ2) is 13.1. The van der Waals surface area contributed by atoms with Crippen LogP contribution >= 0.6 is 0 Å². The molecule has 0 atom stereocenters. The van der Waals surface area contributed by atoms with Crippen LogP contribution < -0.4 is 20.7 Å². The Hall–Kier alpha value is -7.00. The van der Waals surface area contributed by atoms with Gasteiger partial charge in [-0.2, -0.15) is 0 Å². The Morgan fingerprint density at radius 2 is 0.607 bits per heavy atom. The topological polar surface area (TPSA) is 4.93 Å². The van der Waals surface area contributed by atoms with Crippen molar-refractivity contribution in [1.82, 2.24) is 4.57 Å². The molecule has 0 spiro atoms. The van der Waals surface area contributed by atoms with Crippen molar-refractivity contribution in [2.75, 3.05) is 0 Å². The van der Waals surface area contributed by atoms with Crippen LogP contribution in [0.3, 0.4) is 0 Å². The maximum atomic E-state index is 2.54. The van der Waals surface area contributed by atoms with Gasteiger partial charge < -0.3 is 4.57 Å². The fraction of sp³-hybridized carbons (Fsp3) is 0. The Labute approximate surface area is 328 Å². The van der Waals surface area contributed by atoms with Crippen molar-refractivity contribution in [3.8, 4) is 50.2 Å². The first-order chi connectivity index (χ1) is 27.8. The van der Waals surface area contributed by atoms with Crippen LogP contribution in [0.25, 0.3) is 72.0 Å². The van der Waals surface area contributed by atoms with Gasteiger partial charge in [0.1, 0.15) is 0 Å². The molecule has 1 heterocycles. The van der Waals surface area contributed by atoms with E-state index in [1.165, 1.54) is 87.1 Å². The molecule has 1 aliphatic rings. The van der Waals surface area contributed by atoms with Crippen LogP contribution in [0.2, 0.25) is 0 Å². The summed E-state index contributed by atoms with van der Waals surface area (Å²) in [4.78, 5) is 0. The van der Waals surface area contributed by atoms with Gasteiger partial charge in [0.2, 0.25) is 0 Å². The number of hydrogen-bond acceptors (Lipinski definition) is 0. The molecule has 0 radical (unpaired) electrons. The molecule has 0 amide bonds. The van der Waals surface area contributed by atoms with Crippen LogP contribution in [-0.2, 0) is 0 Å². The molecular weight excluding hydrogens is 691 g/mol. The van der Waals surface area contributed by atoms with E-state index in [4.69, 9.17) is 0 Å². The standard InChI is InChI=1S/C54H37NSi/c1-4-18-39(19-5-1)56(40-20-6-2-7-21-40,41-22-8-3-9-23-41)42-33-35-48-43-24-10-12-26-45(43)51-36-38(32-34-47(51)44-25-11-13-27-46(44)52(48)37-42)55-53-30-16-14-28-49(53)50-29-15-17-31-54(50)55/h1-37H. The highest BCUT2D eigenvalue weighted by Gasteiger charge is 2.42. The van der Waals surface area contributed by atoms with Crippen molar-refractivity contribution in [3.63, 3.8) is 0 Å². The molecule has 0 fully saturated rings. The highest BCUT2D eigenvalue weighted by molar-refractivity contribution is 7.19. The van der Waals surface area contributed by atoms with Crippen LogP contribution in [-0.4, -0.2) is 12.6 Å². The van der Waals surface area contributed by atoms with E-state index in [-0.39, 0.29) is 0 Å². The van der Waals surface area contributed by atoms with Crippen molar-refractivity contribution in [3.05, 3.63) is 224 Å².